The molecule has 0 bridgehead atoms. The van der Waals surface area contributed by atoms with E-state index in [4.69, 9.17) is 0 Å². The number of nitrogens with zero attached hydrogens (tertiary/aromatic N) is 1. The van der Waals surface area contributed by atoms with E-state index >= 15 is 0 Å². The molecule has 0 fully saturated rings. The Morgan fingerprint density at radius 2 is 2.05 bits per heavy atom. The van der Waals surface area contributed by atoms with Crippen molar-refractivity contribution in [1.82, 2.24) is 4.31 Å². The van der Waals surface area contributed by atoms with Crippen LogP contribution in [-0.2, 0) is 16.4 Å². The van der Waals surface area contributed by atoms with Gasteiger partial charge in [0.15, 0.2) is 0 Å². The number of hydrogen-bond acceptors (Lipinski definition) is 3. The van der Waals surface area contributed by atoms with E-state index in [9.17, 15) is 21.6 Å². The zero-order chi connectivity index (χ0) is 15.7. The summed E-state index contributed by atoms with van der Waals surface area (Å²) in [6, 6.07) is 4.42. The van der Waals surface area contributed by atoms with E-state index < -0.39 is 22.7 Å². The summed E-state index contributed by atoms with van der Waals surface area (Å²) in [5.41, 5.74) is 1.66. The number of fused-ring (bicyclic) bond motifs is 1. The van der Waals surface area contributed by atoms with Crippen molar-refractivity contribution in [2.45, 2.75) is 30.8 Å². The molecule has 0 atom stereocenters. The van der Waals surface area contributed by atoms with Gasteiger partial charge in [0.25, 0.3) is 0 Å². The first-order valence-electron chi connectivity index (χ1n) is 6.68. The summed E-state index contributed by atoms with van der Waals surface area (Å²) in [6.07, 6.45) is -3.56. The van der Waals surface area contributed by atoms with E-state index in [0.29, 0.717) is 23.7 Å². The average Bonchev–Trinajstić information content (AvgIpc) is 2.83. The Labute approximate surface area is 122 Å². The average molecular weight is 322 g/mol. The van der Waals surface area contributed by atoms with Crippen molar-refractivity contribution >= 4 is 15.7 Å². The summed E-state index contributed by atoms with van der Waals surface area (Å²) < 4.78 is 63.0. The number of nitrogens with one attached hydrogen (secondary N) is 1. The number of anilines is 1. The Morgan fingerprint density at radius 3 is 2.67 bits per heavy atom. The van der Waals surface area contributed by atoms with Crippen molar-refractivity contribution in [3.8, 4) is 0 Å². The smallest absolute Gasteiger partial charge is 0.384 e. The predicted molar refractivity (Wildman–Crippen MR) is 73.7 cm³/mol. The molecular weight excluding hydrogens is 305 g/mol. The normalized spacial score (nSPS) is 15.1. The summed E-state index contributed by atoms with van der Waals surface area (Å²) >= 11 is 0. The van der Waals surface area contributed by atoms with Crippen molar-refractivity contribution < 1.29 is 21.6 Å². The van der Waals surface area contributed by atoms with Gasteiger partial charge < -0.3 is 5.32 Å². The number of hydrogen-bond donors (Lipinski definition) is 1. The Morgan fingerprint density at radius 1 is 1.33 bits per heavy atom. The van der Waals surface area contributed by atoms with Crippen LogP contribution in [0.15, 0.2) is 23.1 Å². The molecule has 0 aromatic heterocycles. The molecule has 8 heteroatoms. The van der Waals surface area contributed by atoms with Gasteiger partial charge in [-0.25, -0.2) is 8.42 Å². The van der Waals surface area contributed by atoms with Gasteiger partial charge in [-0.3, -0.25) is 0 Å². The second-order valence-electron chi connectivity index (χ2n) is 4.95. The topological polar surface area (TPSA) is 49.4 Å². The van der Waals surface area contributed by atoms with Crippen molar-refractivity contribution in [2.75, 3.05) is 25.0 Å². The highest BCUT2D eigenvalue weighted by Gasteiger charge is 2.36. The highest BCUT2D eigenvalue weighted by Crippen LogP contribution is 2.28. The fourth-order valence-corrected chi connectivity index (χ4v) is 3.89. The minimum Gasteiger partial charge on any atom is -0.384 e. The van der Waals surface area contributed by atoms with Gasteiger partial charge in [0, 0.05) is 18.8 Å². The molecule has 1 aliphatic heterocycles. The monoisotopic (exact) mass is 322 g/mol. The minimum absolute atomic E-state index is 0.0809. The molecule has 4 nitrogen and oxygen atoms in total. The summed E-state index contributed by atoms with van der Waals surface area (Å²) in [5, 5.41) is 3.08. The maximum atomic E-state index is 12.6. The lowest BCUT2D eigenvalue weighted by atomic mass is 10.2. The summed E-state index contributed by atoms with van der Waals surface area (Å²) in [6.45, 7) is 0.737. The highest BCUT2D eigenvalue weighted by atomic mass is 32.2. The Bertz CT molecular complexity index is 614. The van der Waals surface area contributed by atoms with Crippen LogP contribution in [0.5, 0.6) is 0 Å². The van der Waals surface area contributed by atoms with Crippen molar-refractivity contribution in [2.24, 2.45) is 0 Å². The molecule has 21 heavy (non-hydrogen) atoms. The SMILES string of the molecule is CCCN(CC(F)(F)F)S(=O)(=O)c1ccc2c(c1)CCN2. The first kappa shape index (κ1) is 16.1. The number of alkyl halides is 3. The van der Waals surface area contributed by atoms with Crippen LogP contribution in [0.2, 0.25) is 0 Å². The van der Waals surface area contributed by atoms with Crippen molar-refractivity contribution in [3.05, 3.63) is 23.8 Å². The lowest BCUT2D eigenvalue weighted by Gasteiger charge is -2.23. The summed E-state index contributed by atoms with van der Waals surface area (Å²) in [7, 11) is -4.13. The lowest BCUT2D eigenvalue weighted by molar-refractivity contribution is -0.136. The molecule has 0 radical (unpaired) electrons. The van der Waals surface area contributed by atoms with Gasteiger partial charge in [-0.1, -0.05) is 6.92 Å². The predicted octanol–water partition coefficient (Wildman–Crippen LogP) is 2.62. The van der Waals surface area contributed by atoms with Gasteiger partial charge in [0.05, 0.1) is 4.90 Å². The maximum absolute atomic E-state index is 12.6. The van der Waals surface area contributed by atoms with Gasteiger partial charge in [-0.15, -0.1) is 0 Å². The third-order valence-corrected chi connectivity index (χ3v) is 5.09. The van der Waals surface area contributed by atoms with E-state index in [2.05, 4.69) is 5.32 Å². The first-order valence-corrected chi connectivity index (χ1v) is 8.12. The van der Waals surface area contributed by atoms with Crippen molar-refractivity contribution in [3.63, 3.8) is 0 Å². The van der Waals surface area contributed by atoms with Crippen LogP contribution in [0.3, 0.4) is 0 Å². The standard InChI is InChI=1S/C13H17F3N2O2S/c1-2-7-18(9-13(14,15)16)21(19,20)11-3-4-12-10(8-11)5-6-17-12/h3-4,8,17H,2,5-7,9H2,1H3. The Kier molecular flexibility index (Phi) is 4.48. The molecule has 1 aromatic carbocycles. The molecule has 118 valence electrons. The minimum atomic E-state index is -4.56. The second kappa shape index (κ2) is 5.84. The second-order valence-corrected chi connectivity index (χ2v) is 6.89. The fourth-order valence-electron chi connectivity index (χ4n) is 2.32. The number of sulfonamides is 1. The molecular formula is C13H17F3N2O2S. The van der Waals surface area contributed by atoms with Crippen LogP contribution in [0, 0.1) is 0 Å². The highest BCUT2D eigenvalue weighted by molar-refractivity contribution is 7.89. The van der Waals surface area contributed by atoms with E-state index in [0.717, 1.165) is 11.3 Å². The van der Waals surface area contributed by atoms with Crippen LogP contribution < -0.4 is 5.32 Å². The van der Waals surface area contributed by atoms with E-state index in [1.54, 1.807) is 13.0 Å². The molecule has 0 unspecified atom stereocenters. The number of rotatable bonds is 5. The van der Waals surface area contributed by atoms with E-state index in [1.165, 1.54) is 12.1 Å². The summed E-state index contributed by atoms with van der Waals surface area (Å²) in [5.74, 6) is 0. The Hall–Kier alpha value is -1.28. The molecule has 1 N–H and O–H groups in total. The molecule has 1 heterocycles. The molecule has 0 amide bonds. The Balaban J connectivity index is 2.33. The van der Waals surface area contributed by atoms with Crippen LogP contribution in [-0.4, -0.2) is 38.5 Å². The van der Waals surface area contributed by atoms with E-state index in [-0.39, 0.29) is 11.4 Å². The third kappa shape index (κ3) is 3.68. The van der Waals surface area contributed by atoms with Crippen LogP contribution >= 0.6 is 0 Å². The van der Waals surface area contributed by atoms with Crippen LogP contribution in [0.4, 0.5) is 18.9 Å². The molecule has 0 saturated heterocycles. The zero-order valence-electron chi connectivity index (χ0n) is 11.6. The molecule has 2 rings (SSSR count). The maximum Gasteiger partial charge on any atom is 0.402 e. The lowest BCUT2D eigenvalue weighted by Crippen LogP contribution is -2.39. The molecule has 0 spiro atoms. The molecule has 0 saturated carbocycles. The van der Waals surface area contributed by atoms with Crippen molar-refractivity contribution in [1.29, 1.82) is 0 Å². The molecule has 1 aliphatic rings. The van der Waals surface area contributed by atoms with E-state index in [1.807, 2.05) is 0 Å². The fraction of sp³-hybridized carbons (Fsp3) is 0.538. The third-order valence-electron chi connectivity index (χ3n) is 3.25. The van der Waals surface area contributed by atoms with Gasteiger partial charge in [-0.05, 0) is 36.6 Å². The molecule has 1 aromatic rings. The summed E-state index contributed by atoms with van der Waals surface area (Å²) in [4.78, 5) is -0.0809. The quantitative estimate of drug-likeness (QED) is 0.906. The molecule has 0 aliphatic carbocycles. The van der Waals surface area contributed by atoms with Crippen LogP contribution in [0.1, 0.15) is 18.9 Å². The number of benzene rings is 1. The van der Waals surface area contributed by atoms with Gasteiger partial charge in [0.1, 0.15) is 6.54 Å². The number of halogens is 3. The first-order chi connectivity index (χ1) is 9.74. The van der Waals surface area contributed by atoms with Gasteiger partial charge in [-0.2, -0.15) is 17.5 Å². The van der Waals surface area contributed by atoms with Gasteiger partial charge >= 0.3 is 6.18 Å². The van der Waals surface area contributed by atoms with Gasteiger partial charge in [0.2, 0.25) is 10.0 Å². The zero-order valence-corrected chi connectivity index (χ0v) is 12.4. The van der Waals surface area contributed by atoms with Crippen LogP contribution in [0.25, 0.3) is 0 Å². The largest absolute Gasteiger partial charge is 0.402 e.